The van der Waals surface area contributed by atoms with Gasteiger partial charge in [0.2, 0.25) is 0 Å². The van der Waals surface area contributed by atoms with E-state index in [2.05, 4.69) is 0 Å². The largest absolute Gasteiger partial charge is 0.273 e. The van der Waals surface area contributed by atoms with Gasteiger partial charge in [0, 0.05) is 0 Å². The number of hydrogen-bond donors (Lipinski definition) is 0. The Kier molecular flexibility index (Phi) is 13.0. The first-order valence-electron chi connectivity index (χ1n) is 4.92. The molecule has 0 aromatic heterocycles. The lowest BCUT2D eigenvalue weighted by molar-refractivity contribution is 1.22. The third kappa shape index (κ3) is 12.9. The zero-order valence-corrected chi connectivity index (χ0v) is 16.1. The summed E-state index contributed by atoms with van der Waals surface area (Å²) in [7, 11) is -3.53. The van der Waals surface area contributed by atoms with E-state index in [4.69, 9.17) is 66.5 Å². The van der Waals surface area contributed by atoms with Crippen LogP contribution in [0.1, 0.15) is 0 Å². The first-order chi connectivity index (χ1) is 7.41. The van der Waals surface area contributed by atoms with Crippen LogP contribution in [0.2, 0.25) is 37.1 Å². The van der Waals surface area contributed by atoms with Crippen LogP contribution >= 0.6 is 66.5 Å². The molecule has 0 saturated carbocycles. The highest BCUT2D eigenvalue weighted by molar-refractivity contribution is 7.34. The minimum atomic E-state index is -1.18. The van der Waals surface area contributed by atoms with Crippen molar-refractivity contribution in [1.82, 2.24) is 0 Å². The van der Waals surface area contributed by atoms with Gasteiger partial charge in [-0.25, -0.2) is 0 Å². The molecule has 0 atom stereocenters. The van der Waals surface area contributed by atoms with Crippen LogP contribution in [0.3, 0.4) is 0 Å². The van der Waals surface area contributed by atoms with E-state index in [1.165, 1.54) is 0 Å². The van der Waals surface area contributed by atoms with Crippen LogP contribution in [0.4, 0.5) is 0 Å². The van der Waals surface area contributed by atoms with Crippen molar-refractivity contribution in [1.29, 1.82) is 0 Å². The Morgan fingerprint density at radius 3 is 1.00 bits per heavy atom. The lowest BCUT2D eigenvalue weighted by Gasteiger charge is -2.13. The lowest BCUT2D eigenvalue weighted by Crippen LogP contribution is -2.16. The standard InChI is InChI=1S/C6H12BCl6Si3/c8-14(9)4-1-7(2-5-15(10)11)3-6-16(12)13/h1-6H2. The van der Waals surface area contributed by atoms with Crippen LogP contribution in [-0.2, 0) is 0 Å². The van der Waals surface area contributed by atoms with Crippen molar-refractivity contribution < 1.29 is 0 Å². The van der Waals surface area contributed by atoms with Gasteiger partial charge in [0.25, 0.3) is 22.2 Å². The highest BCUT2D eigenvalue weighted by atomic mass is 35.7. The highest BCUT2D eigenvalue weighted by Gasteiger charge is 2.19. The molecule has 0 N–H and O–H groups in total. The van der Waals surface area contributed by atoms with Gasteiger partial charge in [-0.2, -0.15) is 0 Å². The Bertz CT molecular complexity index is 144. The van der Waals surface area contributed by atoms with Crippen LogP contribution in [0.5, 0.6) is 0 Å². The third-order valence-electron chi connectivity index (χ3n) is 2.22. The maximum atomic E-state index is 5.82. The van der Waals surface area contributed by atoms with Gasteiger partial charge in [-0.1, -0.05) is 19.0 Å². The maximum absolute atomic E-state index is 5.82. The molecule has 0 nitrogen and oxygen atoms in total. The molecular formula is C6H12BCl6Si3. The molecule has 0 aliphatic rings. The van der Waals surface area contributed by atoms with Gasteiger partial charge < -0.3 is 0 Å². The van der Waals surface area contributed by atoms with Crippen LogP contribution in [0, 0.1) is 0 Å². The van der Waals surface area contributed by atoms with Crippen molar-refractivity contribution in [3.8, 4) is 0 Å². The van der Waals surface area contributed by atoms with E-state index < -0.39 is 22.2 Å². The second-order valence-electron chi connectivity index (χ2n) is 3.50. The summed E-state index contributed by atoms with van der Waals surface area (Å²) in [5.41, 5.74) is 0. The quantitative estimate of drug-likeness (QED) is 0.365. The Morgan fingerprint density at radius 1 is 0.562 bits per heavy atom. The summed E-state index contributed by atoms with van der Waals surface area (Å²) >= 11 is 34.9. The normalized spacial score (nSPS) is 11.8. The molecule has 0 aliphatic heterocycles. The monoisotopic (exact) mass is 389 g/mol. The van der Waals surface area contributed by atoms with Crippen molar-refractivity contribution in [2.75, 3.05) is 0 Å². The Morgan fingerprint density at radius 2 is 0.812 bits per heavy atom. The smallest absolute Gasteiger partial charge is 0.147 e. The van der Waals surface area contributed by atoms with Gasteiger partial charge in [0.1, 0.15) is 6.71 Å². The zero-order chi connectivity index (χ0) is 12.6. The molecule has 0 fully saturated rings. The van der Waals surface area contributed by atoms with E-state index in [0.29, 0.717) is 6.71 Å². The van der Waals surface area contributed by atoms with Crippen molar-refractivity contribution in [2.24, 2.45) is 0 Å². The van der Waals surface area contributed by atoms with Gasteiger partial charge in [0.15, 0.2) is 0 Å². The van der Waals surface area contributed by atoms with Crippen molar-refractivity contribution in [3.63, 3.8) is 0 Å². The van der Waals surface area contributed by atoms with Crippen molar-refractivity contribution in [3.05, 3.63) is 0 Å². The minimum Gasteiger partial charge on any atom is -0.147 e. The molecule has 16 heavy (non-hydrogen) atoms. The molecule has 3 radical (unpaired) electrons. The SMILES string of the molecule is Cl[Si](Cl)CCB(CC[Si](Cl)Cl)CC[Si](Cl)Cl. The minimum absolute atomic E-state index is 0.562. The van der Waals surface area contributed by atoms with E-state index in [-0.39, 0.29) is 0 Å². The van der Waals surface area contributed by atoms with Gasteiger partial charge in [-0.15, -0.1) is 66.5 Å². The second-order valence-corrected chi connectivity index (χ2v) is 17.0. The maximum Gasteiger partial charge on any atom is 0.273 e. The molecule has 0 amide bonds. The summed E-state index contributed by atoms with van der Waals surface area (Å²) in [6.45, 7) is 0.562. The first-order valence-corrected chi connectivity index (χ1v) is 16.1. The summed E-state index contributed by atoms with van der Waals surface area (Å²) in [5, 5.41) is 0. The summed E-state index contributed by atoms with van der Waals surface area (Å²) in [6.07, 6.45) is 3.10. The molecular weight excluding hydrogens is 380 g/mol. The summed E-state index contributed by atoms with van der Waals surface area (Å²) in [4.78, 5) is 0. The van der Waals surface area contributed by atoms with Crippen molar-refractivity contribution in [2.45, 2.75) is 37.1 Å². The van der Waals surface area contributed by atoms with Gasteiger partial charge in [0.05, 0.1) is 0 Å². The second kappa shape index (κ2) is 11.3. The van der Waals surface area contributed by atoms with Crippen LogP contribution in [-0.4, -0.2) is 29.0 Å². The Hall–Kier alpha value is 2.46. The zero-order valence-electron chi connectivity index (χ0n) is 8.59. The van der Waals surface area contributed by atoms with E-state index in [1.807, 2.05) is 0 Å². The topological polar surface area (TPSA) is 0 Å². The molecule has 93 valence electrons. The predicted octanol–water partition coefficient (Wildman–Crippen LogP) is 5.38. The number of hydrogen-bond acceptors (Lipinski definition) is 0. The lowest BCUT2D eigenvalue weighted by atomic mass is 9.44. The molecule has 0 aromatic carbocycles. The fourth-order valence-electron chi connectivity index (χ4n) is 1.37. The molecule has 0 spiro atoms. The van der Waals surface area contributed by atoms with Gasteiger partial charge >= 0.3 is 0 Å². The van der Waals surface area contributed by atoms with Gasteiger partial charge in [-0.3, -0.25) is 0 Å². The molecule has 0 unspecified atom stereocenters. The molecule has 0 heterocycles. The molecule has 0 rings (SSSR count). The van der Waals surface area contributed by atoms with E-state index in [9.17, 15) is 0 Å². The average molecular weight is 392 g/mol. The van der Waals surface area contributed by atoms with Crippen molar-refractivity contribution >= 4 is 95.4 Å². The van der Waals surface area contributed by atoms with E-state index >= 15 is 0 Å². The molecule has 0 aliphatic carbocycles. The highest BCUT2D eigenvalue weighted by Crippen LogP contribution is 2.22. The van der Waals surface area contributed by atoms with Crippen LogP contribution in [0.25, 0.3) is 0 Å². The van der Waals surface area contributed by atoms with E-state index in [1.54, 1.807) is 0 Å². The molecule has 0 bridgehead atoms. The molecule has 0 saturated heterocycles. The average Bonchev–Trinajstić information content (AvgIpc) is 2.15. The summed E-state index contributed by atoms with van der Waals surface area (Å²) < 4.78 is 0. The fraction of sp³-hybridized carbons (Fsp3) is 1.00. The first kappa shape index (κ1) is 18.5. The van der Waals surface area contributed by atoms with E-state index in [0.717, 1.165) is 37.1 Å². The summed E-state index contributed by atoms with van der Waals surface area (Å²) in [6, 6.07) is 2.70. The molecule has 0 aromatic rings. The third-order valence-corrected chi connectivity index (χ3v) is 7.63. The van der Waals surface area contributed by atoms with Crippen LogP contribution < -0.4 is 0 Å². The number of halogens is 6. The predicted molar refractivity (Wildman–Crippen MR) is 87.0 cm³/mol. The van der Waals surface area contributed by atoms with Gasteiger partial charge in [-0.05, 0) is 18.1 Å². The Labute approximate surface area is 131 Å². The Balaban J connectivity index is 3.85. The summed E-state index contributed by atoms with van der Waals surface area (Å²) in [5.74, 6) is 0. The fourth-order valence-corrected chi connectivity index (χ4v) is 5.22. The number of rotatable bonds is 9. The van der Waals surface area contributed by atoms with Crippen LogP contribution in [0.15, 0.2) is 0 Å². The molecule has 10 heteroatoms.